The summed E-state index contributed by atoms with van der Waals surface area (Å²) in [5, 5.41) is 0. The second-order valence-electron chi connectivity index (χ2n) is 8.89. The molecule has 1 aliphatic heterocycles. The van der Waals surface area contributed by atoms with Gasteiger partial charge >= 0.3 is 5.97 Å². The van der Waals surface area contributed by atoms with E-state index >= 15 is 4.39 Å². The minimum absolute atomic E-state index is 0.0599. The minimum atomic E-state index is -0.904. The molecule has 0 saturated carbocycles. The van der Waals surface area contributed by atoms with Gasteiger partial charge < -0.3 is 18.9 Å². The van der Waals surface area contributed by atoms with Gasteiger partial charge in [0.25, 0.3) is 0 Å². The molecular formula is C28H30FNO6. The van der Waals surface area contributed by atoms with Gasteiger partial charge in [0.1, 0.15) is 18.3 Å². The van der Waals surface area contributed by atoms with E-state index in [1.165, 1.54) is 13.2 Å². The predicted molar refractivity (Wildman–Crippen MR) is 132 cm³/mol. The number of benzene rings is 2. The van der Waals surface area contributed by atoms with Gasteiger partial charge in [0.15, 0.2) is 17.3 Å². The lowest BCUT2D eigenvalue weighted by Gasteiger charge is -2.36. The molecule has 190 valence electrons. The van der Waals surface area contributed by atoms with Crippen LogP contribution in [0.4, 0.5) is 4.39 Å². The lowest BCUT2D eigenvalue weighted by atomic mass is 9.69. The van der Waals surface area contributed by atoms with Crippen molar-refractivity contribution in [3.63, 3.8) is 0 Å². The van der Waals surface area contributed by atoms with Crippen molar-refractivity contribution in [3.8, 4) is 11.5 Å². The smallest absolute Gasteiger partial charge is 0.315 e. The zero-order chi connectivity index (χ0) is 25.8. The van der Waals surface area contributed by atoms with Crippen molar-refractivity contribution in [2.45, 2.75) is 31.6 Å². The molecule has 0 radical (unpaired) electrons. The van der Waals surface area contributed by atoms with Crippen LogP contribution in [0.3, 0.4) is 0 Å². The number of rotatable bonds is 8. The maximum absolute atomic E-state index is 15.1. The summed E-state index contributed by atoms with van der Waals surface area (Å²) in [6.07, 6.45) is 0.684. The number of hydrogen-bond donors (Lipinski definition) is 0. The number of methoxy groups -OCH3 is 3. The Labute approximate surface area is 209 Å². The second-order valence-corrected chi connectivity index (χ2v) is 8.89. The van der Waals surface area contributed by atoms with E-state index in [2.05, 4.69) is 0 Å². The number of allylic oxidation sites excluding steroid dienone is 2. The van der Waals surface area contributed by atoms with Gasteiger partial charge in [-0.2, -0.15) is 0 Å². The molecular weight excluding hydrogens is 465 g/mol. The highest BCUT2D eigenvalue weighted by Crippen LogP contribution is 2.48. The summed E-state index contributed by atoms with van der Waals surface area (Å²) in [6, 6.07) is 11.8. The molecule has 0 N–H and O–H groups in total. The maximum atomic E-state index is 15.1. The average Bonchev–Trinajstić information content (AvgIpc) is 2.87. The third-order valence-corrected chi connectivity index (χ3v) is 6.79. The molecule has 0 bridgehead atoms. The van der Waals surface area contributed by atoms with Gasteiger partial charge in [-0.25, -0.2) is 4.39 Å². The Morgan fingerprint density at radius 2 is 1.78 bits per heavy atom. The van der Waals surface area contributed by atoms with Gasteiger partial charge in [0.05, 0.1) is 20.8 Å². The molecule has 1 unspecified atom stereocenters. The van der Waals surface area contributed by atoms with Crippen molar-refractivity contribution < 1.29 is 32.9 Å². The van der Waals surface area contributed by atoms with Crippen molar-refractivity contribution in [1.82, 2.24) is 0 Å². The highest BCUT2D eigenvalue weighted by atomic mass is 19.1. The van der Waals surface area contributed by atoms with Crippen LogP contribution < -0.4 is 9.47 Å². The Morgan fingerprint density at radius 3 is 2.47 bits per heavy atom. The van der Waals surface area contributed by atoms with Crippen LogP contribution in [-0.2, 0) is 19.1 Å². The lowest BCUT2D eigenvalue weighted by Crippen LogP contribution is -2.38. The number of carbonyl (C=O) groups excluding carboxylic acids is 2. The molecule has 0 fully saturated rings. The van der Waals surface area contributed by atoms with E-state index in [1.807, 2.05) is 18.2 Å². The van der Waals surface area contributed by atoms with Crippen molar-refractivity contribution in [1.29, 1.82) is 0 Å². The van der Waals surface area contributed by atoms with Crippen LogP contribution in [0.2, 0.25) is 0 Å². The Hall–Kier alpha value is -3.52. The Morgan fingerprint density at radius 1 is 1.03 bits per heavy atom. The minimum Gasteiger partial charge on any atom is -0.493 e. The summed E-state index contributed by atoms with van der Waals surface area (Å²) < 4.78 is 36.2. The largest absolute Gasteiger partial charge is 0.493 e. The van der Waals surface area contributed by atoms with E-state index in [0.29, 0.717) is 34.9 Å². The van der Waals surface area contributed by atoms with Crippen molar-refractivity contribution in [2.24, 2.45) is 10.9 Å². The third kappa shape index (κ3) is 4.91. The third-order valence-electron chi connectivity index (χ3n) is 6.79. The SMILES string of the molecule is COCCOC(=O)C1C(C)=NC2=C(C(=O)C[C@@H](c3ccc(OC)c(OC)c3)C2)[C@H]1c1ccccc1F. The van der Waals surface area contributed by atoms with Crippen molar-refractivity contribution >= 4 is 17.5 Å². The molecule has 7 nitrogen and oxygen atoms in total. The van der Waals surface area contributed by atoms with Crippen LogP contribution in [0.1, 0.15) is 42.7 Å². The lowest BCUT2D eigenvalue weighted by molar-refractivity contribution is -0.147. The zero-order valence-electron chi connectivity index (χ0n) is 20.9. The quantitative estimate of drug-likeness (QED) is 0.393. The summed E-state index contributed by atoms with van der Waals surface area (Å²) in [4.78, 5) is 31.5. The van der Waals surface area contributed by atoms with E-state index in [1.54, 1.807) is 39.3 Å². The number of esters is 1. The molecule has 0 saturated heterocycles. The predicted octanol–water partition coefficient (Wildman–Crippen LogP) is 4.61. The maximum Gasteiger partial charge on any atom is 0.315 e. The van der Waals surface area contributed by atoms with Crippen LogP contribution in [0, 0.1) is 11.7 Å². The van der Waals surface area contributed by atoms with Crippen LogP contribution in [0.15, 0.2) is 58.7 Å². The number of hydrogen-bond acceptors (Lipinski definition) is 7. The number of nitrogens with zero attached hydrogens (tertiary/aromatic N) is 1. The topological polar surface area (TPSA) is 83.4 Å². The highest BCUT2D eigenvalue weighted by molar-refractivity contribution is 6.09. The van der Waals surface area contributed by atoms with Crippen LogP contribution in [-0.4, -0.2) is 52.0 Å². The van der Waals surface area contributed by atoms with Crippen molar-refractivity contribution in [2.75, 3.05) is 34.5 Å². The first-order valence-electron chi connectivity index (χ1n) is 11.8. The highest BCUT2D eigenvalue weighted by Gasteiger charge is 2.45. The molecule has 0 amide bonds. The van der Waals surface area contributed by atoms with Crippen LogP contribution >= 0.6 is 0 Å². The Bertz CT molecular complexity index is 1220. The van der Waals surface area contributed by atoms with Gasteiger partial charge in [-0.3, -0.25) is 14.6 Å². The second kappa shape index (κ2) is 11.0. The summed E-state index contributed by atoms with van der Waals surface area (Å²) in [7, 11) is 4.64. The summed E-state index contributed by atoms with van der Waals surface area (Å²) in [6.45, 7) is 2.02. The molecule has 1 aliphatic carbocycles. The van der Waals surface area contributed by atoms with Gasteiger partial charge in [0.2, 0.25) is 0 Å². The first kappa shape index (κ1) is 25.6. The van der Waals surface area contributed by atoms with Gasteiger partial charge in [-0.1, -0.05) is 24.3 Å². The monoisotopic (exact) mass is 495 g/mol. The fraction of sp³-hybridized carbons (Fsp3) is 0.393. The fourth-order valence-electron chi connectivity index (χ4n) is 5.09. The summed E-state index contributed by atoms with van der Waals surface area (Å²) in [5.41, 5.74) is 2.66. The van der Waals surface area contributed by atoms with Crippen LogP contribution in [0.25, 0.3) is 0 Å². The van der Waals surface area contributed by atoms with E-state index in [-0.39, 0.29) is 36.9 Å². The molecule has 0 spiro atoms. The normalized spacial score (nSPS) is 21.5. The van der Waals surface area contributed by atoms with E-state index in [9.17, 15) is 9.59 Å². The molecule has 1 heterocycles. The van der Waals surface area contributed by atoms with Crippen molar-refractivity contribution in [3.05, 3.63) is 70.7 Å². The van der Waals surface area contributed by atoms with E-state index in [4.69, 9.17) is 23.9 Å². The first-order valence-corrected chi connectivity index (χ1v) is 11.8. The number of ether oxygens (including phenoxy) is 4. The van der Waals surface area contributed by atoms with Gasteiger partial charge in [-0.15, -0.1) is 0 Å². The molecule has 2 aromatic rings. The Balaban J connectivity index is 1.75. The molecule has 0 aromatic heterocycles. The first-order chi connectivity index (χ1) is 17.4. The molecule has 3 atom stereocenters. The molecule has 2 aliphatic rings. The molecule has 2 aromatic carbocycles. The van der Waals surface area contributed by atoms with Gasteiger partial charge in [0, 0.05) is 36.4 Å². The number of Topliss-reactive ketones (excluding diaryl/α,β-unsaturated/α-hetero) is 1. The van der Waals surface area contributed by atoms with Crippen LogP contribution in [0.5, 0.6) is 11.5 Å². The number of halogens is 1. The summed E-state index contributed by atoms with van der Waals surface area (Å²) in [5.74, 6) is -1.87. The van der Waals surface area contributed by atoms with E-state index in [0.717, 1.165) is 5.56 Å². The molecule has 36 heavy (non-hydrogen) atoms. The standard InChI is InChI=1S/C28H30FNO6/c1-16-25(28(32)36-12-11-33-2)26(19-7-5-6-8-20(19)29)27-21(30-16)13-18(14-22(27)31)17-9-10-23(34-3)24(15-17)35-4/h5-10,15,18,25-26H,11-14H2,1-4H3/t18-,25?,26-/m0/s1. The Kier molecular flexibility index (Phi) is 7.84. The fourth-order valence-corrected chi connectivity index (χ4v) is 5.09. The zero-order valence-corrected chi connectivity index (χ0v) is 20.9. The van der Waals surface area contributed by atoms with Gasteiger partial charge in [-0.05, 0) is 48.6 Å². The molecule has 4 rings (SSSR count). The average molecular weight is 496 g/mol. The number of aliphatic imine (C=N–C) groups is 1. The number of ketones is 1. The summed E-state index contributed by atoms with van der Waals surface area (Å²) >= 11 is 0. The number of carbonyl (C=O) groups is 2. The molecule has 8 heteroatoms. The van der Waals surface area contributed by atoms with E-state index < -0.39 is 23.6 Å².